The molecule has 2 nitrogen and oxygen atoms in total. The van der Waals surface area contributed by atoms with Gasteiger partial charge < -0.3 is 0 Å². The minimum absolute atomic E-state index is 0.407. The van der Waals surface area contributed by atoms with E-state index in [-0.39, 0.29) is 0 Å². The minimum atomic E-state index is -3.07. The molecule has 2 rings (SSSR count). The molecule has 1 aliphatic rings. The van der Waals surface area contributed by atoms with Crippen molar-refractivity contribution in [2.45, 2.75) is 22.3 Å². The normalized spacial score (nSPS) is 18.9. The van der Waals surface area contributed by atoms with E-state index >= 15 is 0 Å². The molecule has 1 aromatic carbocycles. The van der Waals surface area contributed by atoms with Crippen LogP contribution in [0, 0.1) is 0 Å². The third kappa shape index (κ3) is 3.66. The van der Waals surface area contributed by atoms with Crippen LogP contribution in [-0.4, -0.2) is 26.2 Å². The number of hydrogen-bond donors (Lipinski definition) is 0. The average molecular weight is 288 g/mol. The van der Waals surface area contributed by atoms with Crippen molar-refractivity contribution in [1.29, 1.82) is 0 Å². The number of benzene rings is 1. The molecule has 0 aliphatic carbocycles. The molecule has 0 unspecified atom stereocenters. The molecule has 0 radical (unpaired) electrons. The monoisotopic (exact) mass is 288 g/mol. The van der Waals surface area contributed by atoms with Crippen molar-refractivity contribution in [3.63, 3.8) is 0 Å². The van der Waals surface area contributed by atoms with E-state index in [2.05, 4.69) is 0 Å². The zero-order valence-electron chi connectivity index (χ0n) is 9.76. The third-order valence-electron chi connectivity index (χ3n) is 2.66. The highest BCUT2D eigenvalue weighted by Crippen LogP contribution is 2.42. The number of sulfone groups is 1. The summed E-state index contributed by atoms with van der Waals surface area (Å²) < 4.78 is 23.2. The molecule has 17 heavy (non-hydrogen) atoms. The van der Waals surface area contributed by atoms with Crippen molar-refractivity contribution in [3.8, 4) is 0 Å². The maximum absolute atomic E-state index is 11.4. The van der Waals surface area contributed by atoms with Gasteiger partial charge in [-0.1, -0.05) is 12.1 Å². The van der Waals surface area contributed by atoms with E-state index in [9.17, 15) is 8.42 Å². The molecule has 0 bridgehead atoms. The van der Waals surface area contributed by atoms with Crippen LogP contribution in [0.4, 0.5) is 0 Å². The Hall–Kier alpha value is -0.130. The lowest BCUT2D eigenvalue weighted by Crippen LogP contribution is -1.97. The van der Waals surface area contributed by atoms with Gasteiger partial charge in [0.05, 0.1) is 9.48 Å². The Morgan fingerprint density at radius 3 is 2.06 bits per heavy atom. The van der Waals surface area contributed by atoms with Gasteiger partial charge in [-0.2, -0.15) is 0 Å². The quantitative estimate of drug-likeness (QED) is 0.836. The summed E-state index contributed by atoms with van der Waals surface area (Å²) in [5.41, 5.74) is 1.23. The fourth-order valence-electron chi connectivity index (χ4n) is 1.70. The van der Waals surface area contributed by atoms with Crippen LogP contribution in [0.5, 0.6) is 0 Å². The molecule has 0 N–H and O–H groups in total. The zero-order chi connectivity index (χ0) is 12.3. The van der Waals surface area contributed by atoms with Gasteiger partial charge in [0, 0.05) is 6.26 Å². The number of hydrogen-bond acceptors (Lipinski definition) is 4. The van der Waals surface area contributed by atoms with Crippen LogP contribution >= 0.6 is 23.5 Å². The van der Waals surface area contributed by atoms with Crippen molar-refractivity contribution in [2.75, 3.05) is 17.8 Å². The average Bonchev–Trinajstić information content (AvgIpc) is 2.56. The summed E-state index contributed by atoms with van der Waals surface area (Å²) >= 11 is 3.93. The largest absolute Gasteiger partial charge is 0.224 e. The molecule has 0 amide bonds. The fraction of sp³-hybridized carbons (Fsp3) is 0.500. The standard InChI is InChI=1S/C12H16O2S3/c1-17(13,14)11-6-4-10(5-7-11)12-15-8-2-3-9-16-12/h4-7,12H,2-3,8-9H2,1H3. The molecule has 0 saturated carbocycles. The van der Waals surface area contributed by atoms with Gasteiger partial charge in [0.2, 0.25) is 0 Å². The summed E-state index contributed by atoms with van der Waals surface area (Å²) in [6.45, 7) is 0. The SMILES string of the molecule is CS(=O)(=O)c1ccc(C2SCCCCS2)cc1. The highest BCUT2D eigenvalue weighted by molar-refractivity contribution is 8.16. The fourth-order valence-corrected chi connectivity index (χ4v) is 5.16. The molecule has 0 spiro atoms. The van der Waals surface area contributed by atoms with E-state index in [1.54, 1.807) is 12.1 Å². The molecule has 1 aliphatic heterocycles. The molecule has 94 valence electrons. The Bertz CT molecular complexity index is 457. The van der Waals surface area contributed by atoms with Crippen LogP contribution in [0.1, 0.15) is 23.0 Å². The van der Waals surface area contributed by atoms with Crippen LogP contribution < -0.4 is 0 Å². The first-order valence-corrected chi connectivity index (χ1v) is 9.59. The summed E-state index contributed by atoms with van der Waals surface area (Å²) in [5.74, 6) is 2.40. The number of rotatable bonds is 2. The van der Waals surface area contributed by atoms with Crippen molar-refractivity contribution < 1.29 is 8.42 Å². The summed E-state index contributed by atoms with van der Waals surface area (Å²) in [6, 6.07) is 7.34. The van der Waals surface area contributed by atoms with Crippen LogP contribution in [0.3, 0.4) is 0 Å². The Morgan fingerprint density at radius 2 is 1.59 bits per heavy atom. The second-order valence-corrected chi connectivity index (χ2v) is 8.86. The Balaban J connectivity index is 2.17. The van der Waals surface area contributed by atoms with Gasteiger partial charge >= 0.3 is 0 Å². The predicted octanol–water partition coefficient (Wildman–Crippen LogP) is 3.35. The molecule has 0 aromatic heterocycles. The van der Waals surface area contributed by atoms with Crippen LogP contribution in [0.2, 0.25) is 0 Å². The summed E-state index contributed by atoms with van der Waals surface area (Å²) in [7, 11) is -3.07. The highest BCUT2D eigenvalue weighted by atomic mass is 32.2. The van der Waals surface area contributed by atoms with Gasteiger partial charge in [0.1, 0.15) is 0 Å². The van der Waals surface area contributed by atoms with Crippen molar-refractivity contribution in [2.24, 2.45) is 0 Å². The maximum atomic E-state index is 11.4. The van der Waals surface area contributed by atoms with E-state index in [4.69, 9.17) is 0 Å². The first kappa shape index (κ1) is 13.3. The topological polar surface area (TPSA) is 34.1 Å². The summed E-state index contributed by atoms with van der Waals surface area (Å²) in [4.78, 5) is 0.407. The Kier molecular flexibility index (Phi) is 4.44. The lowest BCUT2D eigenvalue weighted by molar-refractivity contribution is 0.602. The van der Waals surface area contributed by atoms with E-state index < -0.39 is 9.84 Å². The third-order valence-corrected chi connectivity index (χ3v) is 6.80. The second kappa shape index (κ2) is 5.67. The van der Waals surface area contributed by atoms with E-state index in [0.29, 0.717) is 9.48 Å². The van der Waals surface area contributed by atoms with Gasteiger partial charge in [-0.15, -0.1) is 23.5 Å². The predicted molar refractivity (Wildman–Crippen MR) is 76.4 cm³/mol. The van der Waals surface area contributed by atoms with Gasteiger partial charge in [0.15, 0.2) is 9.84 Å². The first-order valence-electron chi connectivity index (χ1n) is 5.60. The van der Waals surface area contributed by atoms with E-state index in [0.717, 1.165) is 0 Å². The Morgan fingerprint density at radius 1 is 1.06 bits per heavy atom. The summed E-state index contributed by atoms with van der Waals surface area (Å²) in [6.07, 6.45) is 3.82. The Labute approximate surface area is 111 Å². The van der Waals surface area contributed by atoms with Gasteiger partial charge in [0.25, 0.3) is 0 Å². The number of thioether (sulfide) groups is 2. The zero-order valence-corrected chi connectivity index (χ0v) is 12.2. The molecule has 0 atom stereocenters. The summed E-state index contributed by atoms with van der Waals surface area (Å²) in [5, 5.41) is 0. The molecule has 1 aromatic rings. The smallest absolute Gasteiger partial charge is 0.175 e. The highest BCUT2D eigenvalue weighted by Gasteiger charge is 2.16. The van der Waals surface area contributed by atoms with Crippen LogP contribution in [0.25, 0.3) is 0 Å². The van der Waals surface area contributed by atoms with Gasteiger partial charge in [-0.05, 0) is 42.0 Å². The van der Waals surface area contributed by atoms with E-state index in [1.807, 2.05) is 35.7 Å². The maximum Gasteiger partial charge on any atom is 0.175 e. The van der Waals surface area contributed by atoms with Crippen LogP contribution in [-0.2, 0) is 9.84 Å². The molecule has 1 fully saturated rings. The molecule has 5 heteroatoms. The second-order valence-electron chi connectivity index (χ2n) is 4.12. The lowest BCUT2D eigenvalue weighted by Gasteiger charge is -2.13. The van der Waals surface area contributed by atoms with Crippen molar-refractivity contribution in [1.82, 2.24) is 0 Å². The molecular formula is C12H16O2S3. The van der Waals surface area contributed by atoms with Crippen molar-refractivity contribution >= 4 is 33.4 Å². The molecule has 1 heterocycles. The van der Waals surface area contributed by atoms with E-state index in [1.165, 1.54) is 36.2 Å². The van der Waals surface area contributed by atoms with Gasteiger partial charge in [-0.25, -0.2) is 8.42 Å². The minimum Gasteiger partial charge on any atom is -0.224 e. The molecular weight excluding hydrogens is 272 g/mol. The van der Waals surface area contributed by atoms with Crippen molar-refractivity contribution in [3.05, 3.63) is 29.8 Å². The lowest BCUT2D eigenvalue weighted by atomic mass is 10.2. The van der Waals surface area contributed by atoms with Crippen LogP contribution in [0.15, 0.2) is 29.2 Å². The molecule has 1 saturated heterocycles. The van der Waals surface area contributed by atoms with Gasteiger partial charge in [-0.3, -0.25) is 0 Å². The first-order chi connectivity index (χ1) is 8.07.